The lowest BCUT2D eigenvalue weighted by molar-refractivity contribution is 0.725. The van der Waals surface area contributed by atoms with Gasteiger partial charge in [-0.1, -0.05) is 43.4 Å². The molecule has 0 aromatic heterocycles. The van der Waals surface area contributed by atoms with E-state index in [-0.39, 0.29) is 0 Å². The molecule has 0 spiro atoms. The Morgan fingerprint density at radius 1 is 1.35 bits per heavy atom. The van der Waals surface area contributed by atoms with Crippen LogP contribution in [0.15, 0.2) is 53.1 Å². The van der Waals surface area contributed by atoms with E-state index < -0.39 is 0 Å². The molecule has 1 aromatic rings. The summed E-state index contributed by atoms with van der Waals surface area (Å²) < 4.78 is 0. The molecule has 2 rings (SSSR count). The molecule has 1 unspecified atom stereocenters. The summed E-state index contributed by atoms with van der Waals surface area (Å²) in [5, 5.41) is 0. The third kappa shape index (κ3) is 3.16. The van der Waals surface area contributed by atoms with Gasteiger partial charge < -0.3 is 0 Å². The first-order valence-electron chi connectivity index (χ1n) is 6.23. The van der Waals surface area contributed by atoms with Crippen LogP contribution in [0.25, 0.3) is 0 Å². The van der Waals surface area contributed by atoms with Gasteiger partial charge in [0.1, 0.15) is 0 Å². The smallest absolute Gasteiger partial charge is 0.0660 e. The van der Waals surface area contributed by atoms with Crippen molar-refractivity contribution in [2.24, 2.45) is 10.9 Å². The van der Waals surface area contributed by atoms with Crippen LogP contribution in [0, 0.1) is 5.92 Å². The zero-order chi connectivity index (χ0) is 12.1. The normalized spacial score (nSPS) is 19.6. The summed E-state index contributed by atoms with van der Waals surface area (Å²) in [5.74, 6) is 0.664. The summed E-state index contributed by atoms with van der Waals surface area (Å²) >= 11 is 0. The minimum atomic E-state index is 0.664. The van der Waals surface area contributed by atoms with Gasteiger partial charge in [-0.05, 0) is 42.9 Å². The molecule has 17 heavy (non-hydrogen) atoms. The second kappa shape index (κ2) is 5.62. The summed E-state index contributed by atoms with van der Waals surface area (Å²) in [7, 11) is 0. The number of aliphatic imine (C=N–C) groups is 1. The highest BCUT2D eigenvalue weighted by Gasteiger charge is 2.07. The quantitative estimate of drug-likeness (QED) is 0.673. The summed E-state index contributed by atoms with van der Waals surface area (Å²) in [6.45, 7) is 4.22. The minimum Gasteiger partial charge on any atom is -0.261 e. The first kappa shape index (κ1) is 11.8. The van der Waals surface area contributed by atoms with E-state index in [1.165, 1.54) is 11.1 Å². The van der Waals surface area contributed by atoms with Crippen molar-refractivity contribution in [3.63, 3.8) is 0 Å². The summed E-state index contributed by atoms with van der Waals surface area (Å²) in [6.07, 6.45) is 10.9. The highest BCUT2D eigenvalue weighted by atomic mass is 14.7. The molecule has 1 heteroatoms. The van der Waals surface area contributed by atoms with E-state index in [1.54, 1.807) is 0 Å². The number of nitrogens with zero attached hydrogens (tertiary/aromatic N) is 1. The van der Waals surface area contributed by atoms with E-state index in [0.29, 0.717) is 5.92 Å². The van der Waals surface area contributed by atoms with Crippen molar-refractivity contribution in [3.8, 4) is 0 Å². The van der Waals surface area contributed by atoms with Crippen molar-refractivity contribution >= 4 is 11.9 Å². The molecule has 1 aliphatic rings. The Bertz CT molecular complexity index is 466. The molecule has 1 aliphatic carbocycles. The maximum Gasteiger partial charge on any atom is 0.0660 e. The van der Waals surface area contributed by atoms with E-state index in [1.807, 2.05) is 19.2 Å². The van der Waals surface area contributed by atoms with Crippen molar-refractivity contribution in [3.05, 3.63) is 53.6 Å². The minimum absolute atomic E-state index is 0.664. The average Bonchev–Trinajstić information content (AvgIpc) is 2.32. The van der Waals surface area contributed by atoms with Gasteiger partial charge >= 0.3 is 0 Å². The molecule has 0 amide bonds. The predicted molar refractivity (Wildman–Crippen MR) is 75.0 cm³/mol. The fourth-order valence-corrected chi connectivity index (χ4v) is 2.19. The maximum atomic E-state index is 4.41. The Balaban J connectivity index is 2.21. The lowest BCUT2D eigenvalue weighted by Crippen LogP contribution is -1.98. The number of rotatable bonds is 3. The first-order valence-corrected chi connectivity index (χ1v) is 6.23. The Hall–Kier alpha value is -1.63. The summed E-state index contributed by atoms with van der Waals surface area (Å²) in [6, 6.07) is 8.36. The van der Waals surface area contributed by atoms with Crippen molar-refractivity contribution < 1.29 is 0 Å². The molecule has 88 valence electrons. The van der Waals surface area contributed by atoms with Gasteiger partial charge in [-0.25, -0.2) is 0 Å². The van der Waals surface area contributed by atoms with E-state index >= 15 is 0 Å². The lowest BCUT2D eigenvalue weighted by Gasteiger charge is -2.13. The third-order valence-corrected chi connectivity index (χ3v) is 2.99. The van der Waals surface area contributed by atoms with Crippen LogP contribution in [0.2, 0.25) is 0 Å². The van der Waals surface area contributed by atoms with Crippen molar-refractivity contribution in [2.45, 2.75) is 26.7 Å². The van der Waals surface area contributed by atoms with Gasteiger partial charge in [-0.15, -0.1) is 0 Å². The fraction of sp³-hybridized carbons (Fsp3) is 0.312. The second-order valence-corrected chi connectivity index (χ2v) is 4.55. The van der Waals surface area contributed by atoms with E-state index in [4.69, 9.17) is 0 Å². The van der Waals surface area contributed by atoms with Gasteiger partial charge in [-0.2, -0.15) is 0 Å². The number of hydrogen-bond acceptors (Lipinski definition) is 1. The molecular weight excluding hydrogens is 206 g/mol. The van der Waals surface area contributed by atoms with E-state index in [0.717, 1.165) is 18.5 Å². The maximum absolute atomic E-state index is 4.41. The SMILES string of the molecule is CC=Nc1ccccc1CC1=CC(C)CC=C1. The van der Waals surface area contributed by atoms with Crippen LogP contribution in [-0.4, -0.2) is 6.21 Å². The number of benzene rings is 1. The molecule has 0 bridgehead atoms. The fourth-order valence-electron chi connectivity index (χ4n) is 2.19. The second-order valence-electron chi connectivity index (χ2n) is 4.55. The topological polar surface area (TPSA) is 12.4 Å². The van der Waals surface area contributed by atoms with Gasteiger partial charge in [0.15, 0.2) is 0 Å². The average molecular weight is 225 g/mol. The Kier molecular flexibility index (Phi) is 3.92. The van der Waals surface area contributed by atoms with Gasteiger partial charge in [-0.3, -0.25) is 4.99 Å². The zero-order valence-corrected chi connectivity index (χ0v) is 10.6. The molecule has 0 heterocycles. The molecule has 1 nitrogen and oxygen atoms in total. The highest BCUT2D eigenvalue weighted by Crippen LogP contribution is 2.25. The van der Waals surface area contributed by atoms with Gasteiger partial charge in [0.25, 0.3) is 0 Å². The Morgan fingerprint density at radius 3 is 2.94 bits per heavy atom. The third-order valence-electron chi connectivity index (χ3n) is 2.99. The molecule has 0 fully saturated rings. The summed E-state index contributed by atoms with van der Waals surface area (Å²) in [5.41, 5.74) is 3.79. The zero-order valence-electron chi connectivity index (χ0n) is 10.6. The molecule has 0 aliphatic heterocycles. The molecule has 1 aromatic carbocycles. The van der Waals surface area contributed by atoms with Crippen LogP contribution >= 0.6 is 0 Å². The van der Waals surface area contributed by atoms with Crippen LogP contribution < -0.4 is 0 Å². The molecular formula is C16H19N. The largest absolute Gasteiger partial charge is 0.261 e. The van der Waals surface area contributed by atoms with E-state index in [2.05, 4.69) is 48.3 Å². The van der Waals surface area contributed by atoms with Gasteiger partial charge in [0.2, 0.25) is 0 Å². The molecule has 0 N–H and O–H groups in total. The summed E-state index contributed by atoms with van der Waals surface area (Å²) in [4.78, 5) is 4.41. The predicted octanol–water partition coefficient (Wildman–Crippen LogP) is 4.47. The highest BCUT2D eigenvalue weighted by molar-refractivity contribution is 5.62. The Morgan fingerprint density at radius 2 is 2.18 bits per heavy atom. The lowest BCUT2D eigenvalue weighted by atomic mass is 9.93. The molecule has 0 saturated heterocycles. The number of hydrogen-bond donors (Lipinski definition) is 0. The Labute approximate surface area is 104 Å². The van der Waals surface area contributed by atoms with Crippen LogP contribution in [0.5, 0.6) is 0 Å². The standard InChI is InChI=1S/C16H19N/c1-3-17-16-10-5-4-9-15(16)12-14-8-6-7-13(2)11-14/h3-6,8-11,13H,7,12H2,1-2H3. The first-order chi connectivity index (χ1) is 8.29. The van der Waals surface area contributed by atoms with Crippen LogP contribution in [0.1, 0.15) is 25.8 Å². The van der Waals surface area contributed by atoms with Crippen molar-refractivity contribution in [2.75, 3.05) is 0 Å². The van der Waals surface area contributed by atoms with Gasteiger partial charge in [0.05, 0.1) is 5.69 Å². The molecule has 1 atom stereocenters. The number of para-hydroxylation sites is 1. The van der Waals surface area contributed by atoms with Crippen molar-refractivity contribution in [1.82, 2.24) is 0 Å². The van der Waals surface area contributed by atoms with Crippen LogP contribution in [0.3, 0.4) is 0 Å². The number of allylic oxidation sites excluding steroid dienone is 4. The molecule has 0 radical (unpaired) electrons. The van der Waals surface area contributed by atoms with E-state index in [9.17, 15) is 0 Å². The van der Waals surface area contributed by atoms with Crippen molar-refractivity contribution in [1.29, 1.82) is 0 Å². The van der Waals surface area contributed by atoms with Crippen LogP contribution in [-0.2, 0) is 6.42 Å². The van der Waals surface area contributed by atoms with Gasteiger partial charge in [0, 0.05) is 6.21 Å². The monoisotopic (exact) mass is 225 g/mol. The van der Waals surface area contributed by atoms with Crippen LogP contribution in [0.4, 0.5) is 5.69 Å². The molecule has 0 saturated carbocycles.